The van der Waals surface area contributed by atoms with E-state index in [9.17, 15) is 0 Å². The van der Waals surface area contributed by atoms with E-state index in [2.05, 4.69) is 223 Å². The third kappa shape index (κ3) is 15.4. The van der Waals surface area contributed by atoms with Crippen LogP contribution in [0.1, 0.15) is 193 Å². The molecule has 0 aliphatic carbocycles. The van der Waals surface area contributed by atoms with Crippen LogP contribution < -0.4 is 0 Å². The van der Waals surface area contributed by atoms with Crippen LogP contribution in [-0.2, 0) is 44.5 Å². The van der Waals surface area contributed by atoms with Crippen molar-refractivity contribution in [2.24, 2.45) is 11.8 Å². The van der Waals surface area contributed by atoms with Gasteiger partial charge in [0.2, 0.25) is 0 Å². The minimum atomic E-state index is -0.826. The molecule has 6 aromatic rings. The topological polar surface area (TPSA) is 0 Å². The van der Waals surface area contributed by atoms with Crippen molar-refractivity contribution in [1.82, 2.24) is 0 Å². The number of halogens is 2. The number of rotatable bonds is 10. The molecular formula is C60H84Cl2SiZr. The van der Waals surface area contributed by atoms with Crippen LogP contribution >= 0.6 is 17.0 Å². The van der Waals surface area contributed by atoms with Gasteiger partial charge in [0.05, 0.1) is 0 Å². The summed E-state index contributed by atoms with van der Waals surface area (Å²) in [5.41, 5.74) is 17.4. The van der Waals surface area contributed by atoms with Gasteiger partial charge in [-0.1, -0.05) is 196 Å². The zero-order valence-corrected chi connectivity index (χ0v) is 48.7. The molecule has 0 amide bonds. The molecule has 0 aliphatic heterocycles. The van der Waals surface area contributed by atoms with Crippen molar-refractivity contribution in [2.45, 2.75) is 185 Å². The van der Waals surface area contributed by atoms with Crippen LogP contribution in [0.25, 0.3) is 43.8 Å². The zero-order valence-electron chi connectivity index (χ0n) is 43.7. The van der Waals surface area contributed by atoms with E-state index in [0.717, 1.165) is 22.4 Å². The van der Waals surface area contributed by atoms with Gasteiger partial charge in [0.25, 0.3) is 0 Å². The van der Waals surface area contributed by atoms with Crippen LogP contribution in [0, 0.1) is 11.8 Å². The third-order valence-electron chi connectivity index (χ3n) is 12.0. The summed E-state index contributed by atoms with van der Waals surface area (Å²) in [6, 6.07) is 33.7. The van der Waals surface area contributed by atoms with Crippen molar-refractivity contribution >= 4 is 48.1 Å². The monoisotopic (exact) mass is 992 g/mol. The van der Waals surface area contributed by atoms with E-state index in [1.807, 2.05) is 0 Å². The molecule has 0 spiro atoms. The average molecular weight is 996 g/mol. The van der Waals surface area contributed by atoms with Gasteiger partial charge in [-0.25, -0.2) is 0 Å². The fourth-order valence-electron chi connectivity index (χ4n) is 8.71. The van der Waals surface area contributed by atoms with E-state index in [1.54, 1.807) is 0 Å². The van der Waals surface area contributed by atoms with Crippen molar-refractivity contribution in [1.29, 1.82) is 0 Å². The van der Waals surface area contributed by atoms with Crippen molar-refractivity contribution in [2.75, 3.05) is 0 Å². The Hall–Kier alpha value is -2.22. The molecule has 0 atom stereocenters. The summed E-state index contributed by atoms with van der Waals surface area (Å²) in [4.78, 5) is 0. The first-order chi connectivity index (χ1) is 29.8. The Morgan fingerprint density at radius 2 is 0.734 bits per heavy atom. The van der Waals surface area contributed by atoms with Crippen LogP contribution in [0.5, 0.6) is 0 Å². The molecule has 0 saturated heterocycles. The molecule has 0 heterocycles. The molecule has 0 aromatic heterocycles. The molecule has 0 saturated carbocycles. The van der Waals surface area contributed by atoms with Gasteiger partial charge in [-0.2, -0.15) is 12.1 Å². The first kappa shape index (κ1) is 56.1. The molecule has 0 unspecified atom stereocenters. The fourth-order valence-corrected chi connectivity index (χ4v) is 8.71. The Bertz CT molecular complexity index is 2150. The summed E-state index contributed by atoms with van der Waals surface area (Å²) >= 11 is -0.826. The normalized spacial score (nSPS) is 11.9. The summed E-state index contributed by atoms with van der Waals surface area (Å²) in [6.45, 7) is 46.0. The zero-order chi connectivity index (χ0) is 48.4. The maximum atomic E-state index is 4.93. The van der Waals surface area contributed by atoms with Gasteiger partial charge in [-0.15, -0.1) is 69.1 Å². The van der Waals surface area contributed by atoms with Crippen LogP contribution in [0.15, 0.2) is 84.9 Å². The molecule has 6 rings (SSSR count). The van der Waals surface area contributed by atoms with E-state index < -0.39 is 20.8 Å². The van der Waals surface area contributed by atoms with Gasteiger partial charge in [-0.3, -0.25) is 0 Å². The molecule has 0 nitrogen and oxygen atoms in total. The summed E-state index contributed by atoms with van der Waals surface area (Å²) < 4.78 is 0. The van der Waals surface area contributed by atoms with Crippen molar-refractivity contribution in [3.63, 3.8) is 0 Å². The number of hydrogen-bond acceptors (Lipinski definition) is 0. The Balaban J connectivity index is 0.000000303. The van der Waals surface area contributed by atoms with Crippen LogP contribution in [0.4, 0.5) is 0 Å². The second-order valence-corrected chi connectivity index (χ2v) is 27.1. The molecule has 2 radical (unpaired) electrons. The van der Waals surface area contributed by atoms with Crippen molar-refractivity contribution in [3.8, 4) is 22.3 Å². The Labute approximate surface area is 414 Å². The molecule has 6 aromatic carbocycles. The van der Waals surface area contributed by atoms with Crippen LogP contribution in [0.3, 0.4) is 0 Å². The van der Waals surface area contributed by atoms with E-state index >= 15 is 0 Å². The predicted octanol–water partition coefficient (Wildman–Crippen LogP) is 20.1. The van der Waals surface area contributed by atoms with E-state index in [1.165, 1.54) is 88.3 Å². The van der Waals surface area contributed by atoms with Gasteiger partial charge in [0, 0.05) is 9.52 Å². The molecule has 346 valence electrons. The van der Waals surface area contributed by atoms with E-state index in [-0.39, 0.29) is 10.8 Å². The SMILES string of the molecule is CC(C)Cc1cc2c(-c3cc(C(C)C)cc(C(C)C)c3)c(C(C)(C)C)ccc2[cH-]1.CC(C)Cc1cc2c(-c3cc(C(C)C)cc(C(C)C)c3)c(C(C)(C)C)ccc2[cH-]1.C[Si]C.[Cl][Zr+2][Cl]. The summed E-state index contributed by atoms with van der Waals surface area (Å²) in [6.07, 6.45) is 2.28. The van der Waals surface area contributed by atoms with Crippen molar-refractivity contribution in [3.05, 3.63) is 129 Å². The third-order valence-corrected chi connectivity index (χ3v) is 12.0. The second kappa shape index (κ2) is 24.7. The number of benzene rings is 4. The molecule has 64 heavy (non-hydrogen) atoms. The molecule has 0 aliphatic rings. The number of fused-ring (bicyclic) bond motifs is 2. The van der Waals surface area contributed by atoms with Gasteiger partial charge in [-0.05, 0) is 92.6 Å². The minimum absolute atomic E-state index is 0.102. The Morgan fingerprint density at radius 3 is 0.953 bits per heavy atom. The van der Waals surface area contributed by atoms with Crippen molar-refractivity contribution < 1.29 is 20.8 Å². The van der Waals surface area contributed by atoms with Gasteiger partial charge < -0.3 is 0 Å². The average Bonchev–Trinajstić information content (AvgIpc) is 3.79. The van der Waals surface area contributed by atoms with E-state index in [0.29, 0.717) is 35.5 Å². The standard InChI is InChI=1S/2C29H39.C2H6Si.2ClH.Zr/c2*1-18(2)12-21-13-22-10-11-27(29(7,8)9)28(26(22)14-21)25-16-23(19(3)4)15-24(17-25)20(5)6;1-3-2;;;/h2*10-11,13-20H,12H2,1-9H3;1-2H3;2*1H;/q2*-1;;;;+4/p-2. The first-order valence-corrected chi connectivity index (χ1v) is 32.4. The molecular weight excluding hydrogens is 911 g/mol. The Morgan fingerprint density at radius 1 is 0.469 bits per heavy atom. The molecule has 0 N–H and O–H groups in total. The molecule has 4 heteroatoms. The molecule has 0 bridgehead atoms. The fraction of sp³-hybridized carbons (Fsp3) is 0.500. The predicted molar refractivity (Wildman–Crippen MR) is 290 cm³/mol. The van der Waals surface area contributed by atoms with Crippen LogP contribution in [0.2, 0.25) is 13.1 Å². The summed E-state index contributed by atoms with van der Waals surface area (Å²) in [5, 5.41) is 5.60. The summed E-state index contributed by atoms with van der Waals surface area (Å²) in [7, 11) is 11.0. The molecule has 0 fully saturated rings. The quantitative estimate of drug-likeness (QED) is 0.0948. The van der Waals surface area contributed by atoms with Crippen LogP contribution in [-0.4, -0.2) is 9.52 Å². The maximum absolute atomic E-state index is 4.93. The van der Waals surface area contributed by atoms with E-state index in [4.69, 9.17) is 17.0 Å². The Kier molecular flexibility index (Phi) is 21.7. The number of hydrogen-bond donors (Lipinski definition) is 0. The first-order valence-electron chi connectivity index (χ1n) is 24.1. The second-order valence-electron chi connectivity index (χ2n) is 22.4. The van der Waals surface area contributed by atoms with Gasteiger partial charge >= 0.3 is 37.9 Å². The summed E-state index contributed by atoms with van der Waals surface area (Å²) in [5.74, 6) is 3.46. The van der Waals surface area contributed by atoms with Gasteiger partial charge in [0.1, 0.15) is 0 Å². The van der Waals surface area contributed by atoms with Gasteiger partial charge in [0.15, 0.2) is 0 Å².